The Morgan fingerprint density at radius 3 is 2.54 bits per heavy atom. The minimum Gasteiger partial charge on any atom is -0.384 e. The lowest BCUT2D eigenvalue weighted by Gasteiger charge is -2.35. The maximum absolute atomic E-state index is 14.0. The van der Waals surface area contributed by atoms with Gasteiger partial charge in [0.25, 0.3) is 0 Å². The molecule has 2 rings (SSSR count). The molecule has 1 aromatic rings. The second-order valence-corrected chi connectivity index (χ2v) is 5.79. The van der Waals surface area contributed by atoms with Gasteiger partial charge in [0.05, 0.1) is 17.7 Å². The van der Waals surface area contributed by atoms with E-state index in [0.717, 1.165) is 0 Å². The van der Waals surface area contributed by atoms with Crippen LogP contribution in [-0.2, 0) is 14.3 Å². The number of carbonyl (C=O) groups is 2. The second kappa shape index (κ2) is 8.96. The Morgan fingerprint density at radius 1 is 1.29 bits per heavy atom. The Morgan fingerprint density at radius 2 is 1.96 bits per heavy atom. The lowest BCUT2D eigenvalue weighted by Crippen LogP contribution is -2.47. The number of benzene rings is 1. The third kappa shape index (κ3) is 4.90. The molecule has 1 saturated heterocycles. The van der Waals surface area contributed by atoms with Crippen molar-refractivity contribution in [1.29, 1.82) is 0 Å². The van der Waals surface area contributed by atoms with Crippen molar-refractivity contribution in [3.05, 3.63) is 24.0 Å². The highest BCUT2D eigenvalue weighted by atomic mass is 35.5. The molecule has 0 atom stereocenters. The molecule has 134 valence electrons. The predicted molar refractivity (Wildman–Crippen MR) is 93.0 cm³/mol. The molecule has 0 aromatic heterocycles. The van der Waals surface area contributed by atoms with Gasteiger partial charge >= 0.3 is 0 Å². The molecule has 0 radical (unpaired) electrons. The molecule has 1 fully saturated rings. The molecule has 1 heterocycles. The van der Waals surface area contributed by atoms with Crippen LogP contribution in [0.2, 0.25) is 0 Å². The molecule has 6 nitrogen and oxygen atoms in total. The van der Waals surface area contributed by atoms with Crippen molar-refractivity contribution in [2.24, 2.45) is 5.41 Å². The zero-order valence-electron chi connectivity index (χ0n) is 13.8. The van der Waals surface area contributed by atoms with Crippen LogP contribution in [-0.4, -0.2) is 38.6 Å². The second-order valence-electron chi connectivity index (χ2n) is 5.79. The van der Waals surface area contributed by atoms with E-state index in [0.29, 0.717) is 31.6 Å². The van der Waals surface area contributed by atoms with E-state index in [9.17, 15) is 14.0 Å². The summed E-state index contributed by atoms with van der Waals surface area (Å²) < 4.78 is 19.2. The van der Waals surface area contributed by atoms with E-state index in [2.05, 4.69) is 16.0 Å². The van der Waals surface area contributed by atoms with Gasteiger partial charge in [-0.2, -0.15) is 0 Å². The van der Waals surface area contributed by atoms with Crippen LogP contribution in [0.15, 0.2) is 18.2 Å². The number of halogens is 2. The van der Waals surface area contributed by atoms with Crippen molar-refractivity contribution >= 4 is 35.6 Å². The highest BCUT2D eigenvalue weighted by Gasteiger charge is 2.39. The van der Waals surface area contributed by atoms with Crippen LogP contribution >= 0.6 is 12.4 Å². The number of methoxy groups -OCH3 is 1. The third-order valence-electron chi connectivity index (χ3n) is 4.00. The largest absolute Gasteiger partial charge is 0.384 e. The van der Waals surface area contributed by atoms with Gasteiger partial charge in [-0.1, -0.05) is 0 Å². The summed E-state index contributed by atoms with van der Waals surface area (Å²) in [5.74, 6) is -1.07. The lowest BCUT2D eigenvalue weighted by atomic mass is 9.78. The van der Waals surface area contributed by atoms with Crippen molar-refractivity contribution in [1.82, 2.24) is 5.32 Å². The molecule has 2 amide bonds. The van der Waals surface area contributed by atoms with E-state index >= 15 is 0 Å². The molecule has 0 unspecified atom stereocenters. The highest BCUT2D eigenvalue weighted by Crippen LogP contribution is 2.31. The molecular formula is C16H23ClFN3O3. The van der Waals surface area contributed by atoms with E-state index in [4.69, 9.17) is 4.74 Å². The number of amides is 2. The quantitative estimate of drug-likeness (QED) is 0.752. The van der Waals surface area contributed by atoms with Gasteiger partial charge in [0.2, 0.25) is 11.8 Å². The summed E-state index contributed by atoms with van der Waals surface area (Å²) in [5, 5.41) is 8.42. The summed E-state index contributed by atoms with van der Waals surface area (Å²) in [6.45, 7) is 3.08. The Bertz CT molecular complexity index is 586. The number of ether oxygens (including phenoxy) is 1. The fourth-order valence-corrected chi connectivity index (χ4v) is 2.78. The molecule has 3 N–H and O–H groups in total. The highest BCUT2D eigenvalue weighted by molar-refractivity contribution is 5.97. The molecule has 24 heavy (non-hydrogen) atoms. The topological polar surface area (TPSA) is 79.5 Å². The molecule has 1 aliphatic heterocycles. The van der Waals surface area contributed by atoms with Gasteiger partial charge in [-0.3, -0.25) is 9.59 Å². The fourth-order valence-electron chi connectivity index (χ4n) is 2.78. The minimum atomic E-state index is -0.670. The number of piperidine rings is 1. The fraction of sp³-hybridized carbons (Fsp3) is 0.500. The first-order chi connectivity index (χ1) is 11.0. The van der Waals surface area contributed by atoms with E-state index in [1.807, 2.05) is 0 Å². The van der Waals surface area contributed by atoms with Gasteiger partial charge in [0, 0.05) is 19.7 Å². The van der Waals surface area contributed by atoms with Crippen LogP contribution in [0.25, 0.3) is 0 Å². The summed E-state index contributed by atoms with van der Waals surface area (Å²) in [4.78, 5) is 23.8. The number of anilines is 2. The molecule has 0 aliphatic carbocycles. The molecule has 1 aromatic carbocycles. The lowest BCUT2D eigenvalue weighted by molar-refractivity contribution is -0.130. The van der Waals surface area contributed by atoms with E-state index in [1.165, 1.54) is 25.1 Å². The third-order valence-corrected chi connectivity index (χ3v) is 4.00. The first-order valence-electron chi connectivity index (χ1n) is 7.55. The summed E-state index contributed by atoms with van der Waals surface area (Å²) in [6.07, 6.45) is 1.25. The zero-order valence-corrected chi connectivity index (χ0v) is 14.6. The molecule has 0 bridgehead atoms. The van der Waals surface area contributed by atoms with Crippen molar-refractivity contribution < 1.29 is 18.7 Å². The van der Waals surface area contributed by atoms with E-state index in [-0.39, 0.29) is 36.5 Å². The smallest absolute Gasteiger partial charge is 0.233 e. The maximum Gasteiger partial charge on any atom is 0.233 e. The van der Waals surface area contributed by atoms with E-state index < -0.39 is 11.2 Å². The van der Waals surface area contributed by atoms with Crippen LogP contribution in [0, 0.1) is 11.2 Å². The average Bonchev–Trinajstić information content (AvgIpc) is 2.51. The average molecular weight is 360 g/mol. The van der Waals surface area contributed by atoms with Gasteiger partial charge in [0.15, 0.2) is 0 Å². The number of hydrogen-bond donors (Lipinski definition) is 3. The van der Waals surface area contributed by atoms with Crippen molar-refractivity contribution in [3.8, 4) is 0 Å². The molecule has 0 saturated carbocycles. The number of rotatable bonds is 5. The van der Waals surface area contributed by atoms with Gasteiger partial charge in [-0.15, -0.1) is 12.4 Å². The van der Waals surface area contributed by atoms with Crippen LogP contribution in [0.4, 0.5) is 15.8 Å². The molecule has 1 aliphatic rings. The standard InChI is InChI=1S/C16H22FN3O3.ClH/c1-11(21)19-12-3-4-13(17)14(9-12)20-15(22)16(10-23-2)5-7-18-8-6-16;/h3-4,9,18H,5-8,10H2,1-2H3,(H,19,21)(H,20,22);1H. The summed E-state index contributed by atoms with van der Waals surface area (Å²) in [7, 11) is 1.55. The Labute approximate surface area is 146 Å². The van der Waals surface area contributed by atoms with Gasteiger partial charge in [0.1, 0.15) is 5.82 Å². The van der Waals surface area contributed by atoms with Crippen LogP contribution in [0.3, 0.4) is 0 Å². The Hall–Kier alpha value is -1.70. The molecule has 8 heteroatoms. The first-order valence-corrected chi connectivity index (χ1v) is 7.55. The van der Waals surface area contributed by atoms with Crippen LogP contribution in [0.1, 0.15) is 19.8 Å². The summed E-state index contributed by atoms with van der Waals surface area (Å²) >= 11 is 0. The zero-order chi connectivity index (χ0) is 16.9. The predicted octanol–water partition coefficient (Wildman–Crippen LogP) is 2.16. The van der Waals surface area contributed by atoms with Crippen LogP contribution in [0.5, 0.6) is 0 Å². The Kier molecular flexibility index (Phi) is 7.59. The molecule has 0 spiro atoms. The summed E-state index contributed by atoms with van der Waals surface area (Å²) in [5.41, 5.74) is -0.188. The Balaban J connectivity index is 0.00000288. The van der Waals surface area contributed by atoms with Crippen molar-refractivity contribution in [3.63, 3.8) is 0 Å². The number of nitrogens with one attached hydrogen (secondary N) is 3. The maximum atomic E-state index is 14.0. The van der Waals surface area contributed by atoms with Gasteiger partial charge < -0.3 is 20.7 Å². The first kappa shape index (κ1) is 20.3. The van der Waals surface area contributed by atoms with Crippen molar-refractivity contribution in [2.45, 2.75) is 19.8 Å². The SMILES string of the molecule is COCC1(C(=O)Nc2cc(NC(C)=O)ccc2F)CCNCC1.Cl. The van der Waals surface area contributed by atoms with Gasteiger partial charge in [-0.05, 0) is 44.1 Å². The van der Waals surface area contributed by atoms with Crippen LogP contribution < -0.4 is 16.0 Å². The minimum absolute atomic E-state index is 0. The normalized spacial score (nSPS) is 16.0. The molecular weight excluding hydrogens is 337 g/mol. The number of hydrogen-bond acceptors (Lipinski definition) is 4. The van der Waals surface area contributed by atoms with E-state index in [1.54, 1.807) is 7.11 Å². The monoisotopic (exact) mass is 359 g/mol. The van der Waals surface area contributed by atoms with Gasteiger partial charge in [-0.25, -0.2) is 4.39 Å². The van der Waals surface area contributed by atoms with Crippen molar-refractivity contribution in [2.75, 3.05) is 37.4 Å². The number of carbonyl (C=O) groups excluding carboxylic acids is 2. The summed E-state index contributed by atoms with van der Waals surface area (Å²) in [6, 6.07) is 4.07.